The van der Waals surface area contributed by atoms with Gasteiger partial charge in [-0.25, -0.2) is 0 Å². The van der Waals surface area contributed by atoms with Gasteiger partial charge in [-0.2, -0.15) is 0 Å². The largest absolute Gasteiger partial charge is 0.488 e. The molecule has 0 unspecified atom stereocenters. The summed E-state index contributed by atoms with van der Waals surface area (Å²) in [4.78, 5) is 35.1. The Labute approximate surface area is 179 Å². The lowest BCUT2D eigenvalue weighted by Crippen LogP contribution is -2.19. The van der Waals surface area contributed by atoms with Crippen LogP contribution in [0.4, 0.5) is 11.4 Å². The SMILES string of the molecule is CC(=O)/C(=C\c1ccccc1OCc1ccccc1)C(=O)Nc1ccc([N+](=O)[O-])cc1. The number of ether oxygens (including phenoxy) is 1. The number of para-hydroxylation sites is 1. The molecule has 0 saturated carbocycles. The molecule has 1 N–H and O–H groups in total. The topological polar surface area (TPSA) is 98.5 Å². The van der Waals surface area contributed by atoms with Gasteiger partial charge in [0, 0.05) is 23.4 Å². The maximum Gasteiger partial charge on any atom is 0.269 e. The molecule has 0 aliphatic rings. The van der Waals surface area contributed by atoms with Crippen LogP contribution >= 0.6 is 0 Å². The van der Waals surface area contributed by atoms with Crippen molar-refractivity contribution in [1.82, 2.24) is 0 Å². The van der Waals surface area contributed by atoms with Crippen molar-refractivity contribution in [1.29, 1.82) is 0 Å². The van der Waals surface area contributed by atoms with E-state index in [1.54, 1.807) is 18.2 Å². The number of non-ortho nitro benzene ring substituents is 1. The van der Waals surface area contributed by atoms with Crippen molar-refractivity contribution >= 4 is 29.1 Å². The second kappa shape index (κ2) is 9.98. The minimum absolute atomic E-state index is 0.0610. The summed E-state index contributed by atoms with van der Waals surface area (Å²) in [5.41, 5.74) is 1.77. The molecule has 0 aliphatic carbocycles. The number of nitrogens with zero attached hydrogens (tertiary/aromatic N) is 1. The Hall–Kier alpha value is -4.26. The quantitative estimate of drug-likeness (QED) is 0.187. The molecule has 0 fully saturated rings. The maximum absolute atomic E-state index is 12.7. The second-order valence-corrected chi connectivity index (χ2v) is 6.68. The average Bonchev–Trinajstić information content (AvgIpc) is 2.77. The number of rotatable bonds is 8. The molecule has 3 aromatic carbocycles. The number of nitro benzene ring substituents is 1. The summed E-state index contributed by atoms with van der Waals surface area (Å²) in [6.07, 6.45) is 1.48. The Morgan fingerprint density at radius 3 is 2.26 bits per heavy atom. The number of benzene rings is 3. The van der Waals surface area contributed by atoms with E-state index in [-0.39, 0.29) is 11.3 Å². The van der Waals surface area contributed by atoms with Crippen LogP contribution in [-0.2, 0) is 16.2 Å². The summed E-state index contributed by atoms with van der Waals surface area (Å²) in [7, 11) is 0. The van der Waals surface area contributed by atoms with Gasteiger partial charge in [-0.05, 0) is 36.8 Å². The van der Waals surface area contributed by atoms with Gasteiger partial charge in [0.2, 0.25) is 0 Å². The van der Waals surface area contributed by atoms with E-state index in [1.165, 1.54) is 37.3 Å². The zero-order valence-corrected chi connectivity index (χ0v) is 16.8. The molecule has 0 aliphatic heterocycles. The third-order valence-corrected chi connectivity index (χ3v) is 4.42. The number of anilines is 1. The standard InChI is InChI=1S/C24H20N2O5/c1-17(27)22(24(28)25-20-11-13-21(14-12-20)26(29)30)15-19-9-5-6-10-23(19)31-16-18-7-3-2-4-8-18/h2-15H,16H2,1H3,(H,25,28)/b22-15+. The molecule has 0 spiro atoms. The lowest BCUT2D eigenvalue weighted by molar-refractivity contribution is -0.384. The Bertz CT molecular complexity index is 1120. The number of hydrogen-bond acceptors (Lipinski definition) is 5. The summed E-state index contributed by atoms with van der Waals surface area (Å²) in [5, 5.41) is 13.4. The van der Waals surface area contributed by atoms with Crippen LogP contribution in [0, 0.1) is 10.1 Å². The molecule has 156 valence electrons. The van der Waals surface area contributed by atoms with Crippen molar-refractivity contribution in [2.45, 2.75) is 13.5 Å². The minimum atomic E-state index is -0.612. The van der Waals surface area contributed by atoms with E-state index < -0.39 is 16.6 Å². The van der Waals surface area contributed by atoms with Crippen LogP contribution in [0.25, 0.3) is 6.08 Å². The fraction of sp³-hybridized carbons (Fsp3) is 0.0833. The summed E-state index contributed by atoms with van der Waals surface area (Å²) in [6, 6.07) is 22.1. The second-order valence-electron chi connectivity index (χ2n) is 6.68. The maximum atomic E-state index is 12.7. The van der Waals surface area contributed by atoms with Crippen molar-refractivity contribution < 1.29 is 19.2 Å². The van der Waals surface area contributed by atoms with E-state index in [9.17, 15) is 19.7 Å². The van der Waals surface area contributed by atoms with Crippen LogP contribution in [0.1, 0.15) is 18.1 Å². The smallest absolute Gasteiger partial charge is 0.269 e. The highest BCUT2D eigenvalue weighted by Gasteiger charge is 2.16. The lowest BCUT2D eigenvalue weighted by Gasteiger charge is -2.11. The highest BCUT2D eigenvalue weighted by Crippen LogP contribution is 2.23. The highest BCUT2D eigenvalue weighted by atomic mass is 16.6. The van der Waals surface area contributed by atoms with Crippen molar-refractivity contribution in [2.24, 2.45) is 0 Å². The van der Waals surface area contributed by atoms with Gasteiger partial charge >= 0.3 is 0 Å². The molecule has 0 bridgehead atoms. The molecule has 7 heteroatoms. The Morgan fingerprint density at radius 2 is 1.61 bits per heavy atom. The van der Waals surface area contributed by atoms with E-state index in [1.807, 2.05) is 36.4 Å². The van der Waals surface area contributed by atoms with Crippen LogP contribution in [0.3, 0.4) is 0 Å². The monoisotopic (exact) mass is 416 g/mol. The number of carbonyl (C=O) groups is 2. The minimum Gasteiger partial charge on any atom is -0.488 e. The first-order valence-corrected chi connectivity index (χ1v) is 9.48. The predicted octanol–water partition coefficient (Wildman–Crippen LogP) is 4.78. The first kappa shape index (κ1) is 21.4. The number of amides is 1. The summed E-state index contributed by atoms with van der Waals surface area (Å²) in [5.74, 6) is -0.496. The fourth-order valence-electron chi connectivity index (χ4n) is 2.81. The van der Waals surface area contributed by atoms with E-state index in [0.717, 1.165) is 5.56 Å². The van der Waals surface area contributed by atoms with Crippen LogP contribution in [0.2, 0.25) is 0 Å². The number of nitrogens with one attached hydrogen (secondary N) is 1. The summed E-state index contributed by atoms with van der Waals surface area (Å²) < 4.78 is 5.89. The van der Waals surface area contributed by atoms with E-state index >= 15 is 0 Å². The van der Waals surface area contributed by atoms with Crippen LogP contribution in [-0.4, -0.2) is 16.6 Å². The third kappa shape index (κ3) is 5.86. The van der Waals surface area contributed by atoms with Crippen molar-refractivity contribution in [2.75, 3.05) is 5.32 Å². The number of carbonyl (C=O) groups excluding carboxylic acids is 2. The molecule has 3 aromatic rings. The van der Waals surface area contributed by atoms with E-state index in [0.29, 0.717) is 23.6 Å². The van der Waals surface area contributed by atoms with Crippen molar-refractivity contribution in [3.63, 3.8) is 0 Å². The first-order valence-electron chi connectivity index (χ1n) is 9.48. The molecule has 0 saturated heterocycles. The first-order chi connectivity index (χ1) is 14.9. The molecular weight excluding hydrogens is 396 g/mol. The van der Waals surface area contributed by atoms with Gasteiger partial charge in [-0.1, -0.05) is 48.5 Å². The molecule has 1 amide bonds. The Balaban J connectivity index is 1.80. The molecular formula is C24H20N2O5. The number of hydrogen-bond donors (Lipinski definition) is 1. The normalized spacial score (nSPS) is 10.9. The molecule has 0 atom stereocenters. The Kier molecular flexibility index (Phi) is 6.90. The van der Waals surface area contributed by atoms with Crippen LogP contribution < -0.4 is 10.1 Å². The number of Topliss-reactive ketones (excluding diaryl/α,β-unsaturated/α-hetero) is 1. The van der Waals surface area contributed by atoms with Crippen molar-refractivity contribution in [3.05, 3.63) is 106 Å². The van der Waals surface area contributed by atoms with Gasteiger partial charge in [0.25, 0.3) is 11.6 Å². The van der Waals surface area contributed by atoms with Gasteiger partial charge in [0.15, 0.2) is 5.78 Å². The van der Waals surface area contributed by atoms with Gasteiger partial charge < -0.3 is 10.1 Å². The number of ketones is 1. The van der Waals surface area contributed by atoms with Gasteiger partial charge in [-0.3, -0.25) is 19.7 Å². The predicted molar refractivity (Wildman–Crippen MR) is 118 cm³/mol. The fourth-order valence-corrected chi connectivity index (χ4v) is 2.81. The lowest BCUT2D eigenvalue weighted by atomic mass is 10.1. The molecule has 0 radical (unpaired) electrons. The van der Waals surface area contributed by atoms with E-state index in [2.05, 4.69) is 5.32 Å². The zero-order chi connectivity index (χ0) is 22.2. The third-order valence-electron chi connectivity index (χ3n) is 4.42. The zero-order valence-electron chi connectivity index (χ0n) is 16.8. The molecule has 7 nitrogen and oxygen atoms in total. The highest BCUT2D eigenvalue weighted by molar-refractivity contribution is 6.25. The van der Waals surface area contributed by atoms with E-state index in [4.69, 9.17) is 4.74 Å². The molecule has 0 aromatic heterocycles. The Morgan fingerprint density at radius 1 is 0.968 bits per heavy atom. The van der Waals surface area contributed by atoms with Crippen molar-refractivity contribution in [3.8, 4) is 5.75 Å². The molecule has 31 heavy (non-hydrogen) atoms. The van der Waals surface area contributed by atoms with Gasteiger partial charge in [0.1, 0.15) is 12.4 Å². The van der Waals surface area contributed by atoms with Crippen LogP contribution in [0.15, 0.2) is 84.4 Å². The van der Waals surface area contributed by atoms with Crippen LogP contribution in [0.5, 0.6) is 5.75 Å². The van der Waals surface area contributed by atoms with Gasteiger partial charge in [-0.15, -0.1) is 0 Å². The average molecular weight is 416 g/mol. The van der Waals surface area contributed by atoms with Gasteiger partial charge in [0.05, 0.1) is 10.5 Å². The summed E-state index contributed by atoms with van der Waals surface area (Å²) in [6.45, 7) is 1.64. The molecule has 3 rings (SSSR count). The number of nitro groups is 1. The molecule has 0 heterocycles. The summed E-state index contributed by atoms with van der Waals surface area (Å²) >= 11 is 0.